The molecular weight excluding hydrogens is 752 g/mol. The molecule has 0 bridgehead atoms. The molecule has 1 aromatic rings. The zero-order chi connectivity index (χ0) is 28.4. The predicted molar refractivity (Wildman–Crippen MR) is 192 cm³/mol. The van der Waals surface area contributed by atoms with Crippen molar-refractivity contribution in [2.24, 2.45) is 35.5 Å². The molecule has 0 aliphatic heterocycles. The largest absolute Gasteiger partial charge is 2.00 e. The van der Waals surface area contributed by atoms with Gasteiger partial charge in [0, 0.05) is 0 Å². The number of hydrogen-bond acceptors (Lipinski definition) is 0. The second kappa shape index (κ2) is 43.9. The van der Waals surface area contributed by atoms with Crippen molar-refractivity contribution >= 4 is 7.54 Å². The third-order valence-corrected chi connectivity index (χ3v) is 8.81. The molecular formula is C38H75BF4LiRu2-. The zero-order valence-electron chi connectivity index (χ0n) is 33.0. The summed E-state index contributed by atoms with van der Waals surface area (Å²) in [7, 11) is -3.67. The van der Waals surface area contributed by atoms with Gasteiger partial charge in [-0.05, 0) is 69.1 Å². The molecule has 0 saturated heterocycles. The van der Waals surface area contributed by atoms with Gasteiger partial charge in [-0.25, -0.2) is 0 Å². The first-order valence-electron chi connectivity index (χ1n) is 15.4. The molecule has 0 spiro atoms. The fraction of sp³-hybridized carbons (Fsp3) is 0.711. The Bertz CT molecular complexity index is 607. The van der Waals surface area contributed by atoms with Crippen LogP contribution in [0.25, 0.3) is 0 Å². The minimum absolute atomic E-state index is 0. The summed E-state index contributed by atoms with van der Waals surface area (Å²) in [6.07, 6.45) is 17.8. The summed E-state index contributed by atoms with van der Waals surface area (Å²) < 4.78 is 29.0. The Morgan fingerprint density at radius 3 is 0.978 bits per heavy atom. The number of rotatable bonds is 2. The second-order valence-corrected chi connectivity index (χ2v) is 12.4. The Morgan fingerprint density at radius 2 is 0.804 bits per heavy atom. The minimum atomic E-state index is -3.67. The Labute approximate surface area is 327 Å². The van der Waals surface area contributed by atoms with Gasteiger partial charge in [0.25, 0.3) is 0 Å². The molecule has 46 heavy (non-hydrogen) atoms. The summed E-state index contributed by atoms with van der Waals surface area (Å²) in [6, 6.07) is 6.56. The normalized spacial score (nSPS) is 20.3. The van der Waals surface area contributed by atoms with Gasteiger partial charge in [0.1, 0.15) is 0 Å². The van der Waals surface area contributed by atoms with Crippen molar-refractivity contribution < 1.29 is 75.5 Å². The minimum Gasteiger partial charge on any atom is -1.00 e. The maximum atomic E-state index is 9.67. The van der Waals surface area contributed by atoms with Gasteiger partial charge in [-0.3, -0.25) is 12.9 Å². The zero-order valence-corrected chi connectivity index (χ0v) is 36.5. The van der Waals surface area contributed by atoms with Gasteiger partial charge >= 0.3 is 65.4 Å². The van der Waals surface area contributed by atoms with E-state index in [1.165, 1.54) is 93.7 Å². The van der Waals surface area contributed by atoms with Crippen molar-refractivity contribution in [3.05, 3.63) is 72.0 Å². The molecule has 276 valence electrons. The van der Waals surface area contributed by atoms with Gasteiger partial charge in [0.05, 0.1) is 0 Å². The second-order valence-electron chi connectivity index (χ2n) is 12.4. The van der Waals surface area contributed by atoms with E-state index in [2.05, 4.69) is 80.5 Å². The van der Waals surface area contributed by atoms with E-state index < -0.39 is 7.54 Å². The quantitative estimate of drug-likeness (QED) is 0.160. The molecule has 8 heteroatoms. The van der Waals surface area contributed by atoms with Crippen LogP contribution in [0.5, 0.6) is 0 Å². The summed E-state index contributed by atoms with van der Waals surface area (Å²) in [4.78, 5) is 0. The van der Waals surface area contributed by atoms with Crippen LogP contribution < -0.4 is 23.6 Å². The van der Waals surface area contributed by atoms with Crippen LogP contribution in [0.2, 0.25) is 0 Å². The fourth-order valence-corrected chi connectivity index (χ4v) is 6.40. The van der Waals surface area contributed by atoms with Crippen molar-refractivity contribution in [1.29, 1.82) is 0 Å². The molecule has 0 aromatic heterocycles. The van der Waals surface area contributed by atoms with Crippen LogP contribution in [0.15, 0.2) is 18.2 Å². The Morgan fingerprint density at radius 1 is 0.587 bits per heavy atom. The number of benzene rings is 1. The van der Waals surface area contributed by atoms with E-state index in [1.54, 1.807) is 0 Å². The molecule has 2 atom stereocenters. The van der Waals surface area contributed by atoms with Crippen LogP contribution in [0.1, 0.15) is 135 Å². The maximum Gasteiger partial charge on any atom is 2.00 e. The molecule has 3 aliphatic carbocycles. The van der Waals surface area contributed by atoms with Gasteiger partial charge in [-0.15, -0.1) is 0 Å². The summed E-state index contributed by atoms with van der Waals surface area (Å²) in [5.74, 6) is 6.04. The van der Waals surface area contributed by atoms with Crippen LogP contribution in [-0.2, 0) is 39.0 Å². The van der Waals surface area contributed by atoms with Crippen molar-refractivity contribution in [3.63, 3.8) is 0 Å². The van der Waals surface area contributed by atoms with Crippen LogP contribution in [0, 0.1) is 93.4 Å². The molecule has 0 N–H and O–H groups in total. The average molecular weight is 828 g/mol. The first-order valence-corrected chi connectivity index (χ1v) is 15.4. The van der Waals surface area contributed by atoms with Crippen molar-refractivity contribution in [3.8, 4) is 0 Å². The summed E-state index contributed by atoms with van der Waals surface area (Å²) in [5.41, 5.74) is 4.06. The maximum absolute atomic E-state index is 9.67. The molecule has 3 aliphatic rings. The van der Waals surface area contributed by atoms with E-state index in [-0.39, 0.29) is 99.7 Å². The smallest absolute Gasteiger partial charge is 1.00 e. The van der Waals surface area contributed by atoms with E-state index in [0.717, 1.165) is 35.5 Å². The van der Waals surface area contributed by atoms with Crippen LogP contribution >= 0.6 is 0 Å². The molecule has 3 fully saturated rings. The van der Waals surface area contributed by atoms with E-state index in [4.69, 9.17) is 0 Å². The molecule has 0 nitrogen and oxygen atoms in total. The average Bonchev–Trinajstić information content (AvgIpc) is 3.51. The van der Waals surface area contributed by atoms with Gasteiger partial charge in [-0.1, -0.05) is 141 Å². The molecule has 0 radical (unpaired) electrons. The monoisotopic (exact) mass is 829 g/mol. The summed E-state index contributed by atoms with van der Waals surface area (Å²) in [6.45, 7) is 20.6. The van der Waals surface area contributed by atoms with Gasteiger partial charge in [-0.2, -0.15) is 0 Å². The first-order chi connectivity index (χ1) is 17.4. The predicted octanol–water partition coefficient (Wildman–Crippen LogP) is 8.24. The van der Waals surface area contributed by atoms with Gasteiger partial charge in [0.2, 0.25) is 0 Å². The van der Waals surface area contributed by atoms with Crippen LogP contribution in [0.4, 0.5) is 12.9 Å². The van der Waals surface area contributed by atoms with Gasteiger partial charge in [0.15, 0.2) is 0 Å². The van der Waals surface area contributed by atoms with E-state index >= 15 is 0 Å². The van der Waals surface area contributed by atoms with Gasteiger partial charge < -0.3 is 41.8 Å². The Kier molecular flexibility index (Phi) is 69.2. The molecule has 1 aromatic carbocycles. The molecule has 0 amide bonds. The van der Waals surface area contributed by atoms with Crippen LogP contribution in [-0.4, -0.2) is 7.54 Å². The topological polar surface area (TPSA) is 0 Å². The van der Waals surface area contributed by atoms with Crippen molar-refractivity contribution in [1.82, 2.24) is 0 Å². The summed E-state index contributed by atoms with van der Waals surface area (Å²) in [5, 5.41) is 0. The van der Waals surface area contributed by atoms with E-state index in [9.17, 15) is 12.9 Å². The summed E-state index contributed by atoms with van der Waals surface area (Å²) >= 11 is 0. The number of aryl methyl sites for hydroxylation is 3. The van der Waals surface area contributed by atoms with Crippen LogP contribution in [0.3, 0.4) is 0 Å². The molecule has 2 unspecified atom stereocenters. The SMILES string of the molecule is CC1CC(C)C(C)C(C)C1.CCC1CCCC1.CCC1CCCC1.Cc1cc(C)cc(C)c1.FB(F)F.[CH3-].[CH3-].[CH3-].[CH3-].[CH3-].[F-].[Li+].[Ru+2].[Ru+2]. The van der Waals surface area contributed by atoms with E-state index in [0.29, 0.717) is 0 Å². The standard InChI is InChI=1S/C10H20.C9H12.2C7H14.5CH3.BF3.FH.Li.2Ru/c1-7-5-8(2)10(4)9(3)6-7;1-7-4-8(2)6-9(3)5-7;2*1-2-7-5-3-4-6-7;;;;;;2-1(3)4;;;;/h7-10H,5-6H2,1-4H3;4-6H,1-3H3;2*7H,2-6H2,1H3;5*1H3;;1H;;;/q;;;;5*-1;;;+1;2*+2/p-1. The molecule has 4 rings (SSSR count). The Hall–Kier alpha value is 0.849. The van der Waals surface area contributed by atoms with E-state index in [1.807, 2.05) is 0 Å². The number of hydrogen-bond donors (Lipinski definition) is 0. The fourth-order valence-electron chi connectivity index (χ4n) is 6.40. The molecule has 0 heterocycles. The third-order valence-electron chi connectivity index (χ3n) is 8.81. The third kappa shape index (κ3) is 39.3. The van der Waals surface area contributed by atoms with Crippen molar-refractivity contribution in [2.75, 3.05) is 0 Å². The van der Waals surface area contributed by atoms with Crippen molar-refractivity contribution in [2.45, 2.75) is 139 Å². The Balaban J connectivity index is -0.0000000428. The molecule has 3 saturated carbocycles. The first kappa shape index (κ1) is 72.5. The number of halogens is 4.